The molecule has 4 aromatic rings. The number of aliphatic hydroxyl groups excluding tert-OH is 1. The van der Waals surface area contributed by atoms with Crippen LogP contribution >= 0.6 is 0 Å². The number of amides is 1. The molecule has 0 saturated carbocycles. The van der Waals surface area contributed by atoms with Crippen molar-refractivity contribution < 1.29 is 19.4 Å². The van der Waals surface area contributed by atoms with E-state index in [-0.39, 0.29) is 30.6 Å². The quantitative estimate of drug-likeness (QED) is 0.0735. The zero-order chi connectivity index (χ0) is 38.7. The number of rotatable bonds is 23. The first kappa shape index (κ1) is 42.3. The molecule has 0 bridgehead atoms. The number of benzene rings is 3. The fourth-order valence-electron chi connectivity index (χ4n) is 7.58. The van der Waals surface area contributed by atoms with Gasteiger partial charge in [-0.05, 0) is 71.9 Å². The summed E-state index contributed by atoms with van der Waals surface area (Å²) in [7, 11) is 0. The largest absolute Gasteiger partial charge is 0.392 e. The molecule has 0 radical (unpaired) electrons. The molecule has 1 aromatic heterocycles. The van der Waals surface area contributed by atoms with Gasteiger partial charge in [0.05, 0.1) is 24.4 Å². The molecule has 55 heavy (non-hydrogen) atoms. The summed E-state index contributed by atoms with van der Waals surface area (Å²) in [5, 5.41) is 12.7. The number of pyridine rings is 1. The lowest BCUT2D eigenvalue weighted by atomic mass is 9.89. The van der Waals surface area contributed by atoms with Gasteiger partial charge in [0, 0.05) is 37.0 Å². The van der Waals surface area contributed by atoms with Gasteiger partial charge in [0.25, 0.3) is 5.91 Å². The summed E-state index contributed by atoms with van der Waals surface area (Å²) in [6.07, 6.45) is 18.2. The molecule has 296 valence electrons. The van der Waals surface area contributed by atoms with Gasteiger partial charge in [-0.1, -0.05) is 152 Å². The number of aromatic nitrogens is 1. The maximum Gasteiger partial charge on any atom is 0.253 e. The molecule has 1 saturated heterocycles. The predicted molar refractivity (Wildman–Crippen MR) is 223 cm³/mol. The van der Waals surface area contributed by atoms with E-state index in [0.29, 0.717) is 12.1 Å². The van der Waals surface area contributed by atoms with Gasteiger partial charge in [-0.15, -0.1) is 0 Å². The Morgan fingerprint density at radius 1 is 0.727 bits per heavy atom. The minimum atomic E-state index is -0.503. The van der Waals surface area contributed by atoms with Crippen LogP contribution in [0.25, 0.3) is 11.1 Å². The normalized spacial score (nSPS) is 18.4. The first-order chi connectivity index (χ1) is 27.0. The van der Waals surface area contributed by atoms with Crippen molar-refractivity contribution in [2.24, 2.45) is 5.92 Å². The number of ether oxygens (including phenoxy) is 2. The number of carbonyl (C=O) groups excluding carboxylic acids is 1. The van der Waals surface area contributed by atoms with Crippen molar-refractivity contribution in [3.05, 3.63) is 125 Å². The average molecular weight is 748 g/mol. The number of hydrogen-bond acceptors (Lipinski definition) is 6. The first-order valence-corrected chi connectivity index (χ1v) is 21.1. The number of aliphatic hydroxyl groups is 1. The fourth-order valence-corrected chi connectivity index (χ4v) is 7.58. The summed E-state index contributed by atoms with van der Waals surface area (Å²) in [4.78, 5) is 19.3. The molecule has 0 aliphatic carbocycles. The third-order valence-electron chi connectivity index (χ3n) is 11.0. The third kappa shape index (κ3) is 13.4. The highest BCUT2D eigenvalue weighted by atomic mass is 16.7. The van der Waals surface area contributed by atoms with Crippen molar-refractivity contribution in [3.8, 4) is 11.1 Å². The molecule has 3 aromatic carbocycles. The van der Waals surface area contributed by atoms with E-state index in [1.165, 1.54) is 77.0 Å². The van der Waals surface area contributed by atoms with Gasteiger partial charge in [-0.3, -0.25) is 9.78 Å². The summed E-state index contributed by atoms with van der Waals surface area (Å²) in [5.74, 6) is 0.00651. The Balaban J connectivity index is 1.30. The molecule has 7 nitrogen and oxygen atoms in total. The van der Waals surface area contributed by atoms with Crippen LogP contribution in [0.5, 0.6) is 0 Å². The molecule has 5 rings (SSSR count). The Kier molecular flexibility index (Phi) is 17.9. The molecule has 7 heteroatoms. The summed E-state index contributed by atoms with van der Waals surface area (Å²) in [6, 6.07) is 28.5. The van der Waals surface area contributed by atoms with E-state index in [1.807, 2.05) is 24.3 Å². The number of hydrogen-bond donors (Lipinski definition) is 2. The lowest BCUT2D eigenvalue weighted by molar-refractivity contribution is -0.276. The second kappa shape index (κ2) is 23.2. The van der Waals surface area contributed by atoms with E-state index in [1.54, 1.807) is 24.5 Å². The van der Waals surface area contributed by atoms with Crippen LogP contribution in [0.4, 0.5) is 0 Å². The van der Waals surface area contributed by atoms with Crippen LogP contribution in [-0.4, -0.2) is 46.6 Å². The minimum Gasteiger partial charge on any atom is -0.392 e. The van der Waals surface area contributed by atoms with Gasteiger partial charge in [0.1, 0.15) is 0 Å². The maximum atomic E-state index is 12.6. The van der Waals surface area contributed by atoms with E-state index in [9.17, 15) is 9.90 Å². The Labute approximate surface area is 330 Å². The highest BCUT2D eigenvalue weighted by Crippen LogP contribution is 2.42. The predicted octanol–water partition coefficient (Wildman–Crippen LogP) is 11.0. The molecule has 1 aliphatic heterocycles. The summed E-state index contributed by atoms with van der Waals surface area (Å²) >= 11 is 0. The smallest absolute Gasteiger partial charge is 0.253 e. The number of nitrogens with zero attached hydrogens (tertiary/aromatic N) is 2. The van der Waals surface area contributed by atoms with Crippen LogP contribution in [-0.2, 0) is 22.6 Å². The van der Waals surface area contributed by atoms with Gasteiger partial charge < -0.3 is 24.8 Å². The molecular weight excluding hydrogens is 683 g/mol. The van der Waals surface area contributed by atoms with Crippen molar-refractivity contribution in [3.63, 3.8) is 0 Å². The average Bonchev–Trinajstić information content (AvgIpc) is 3.23. The number of unbranched alkanes of at least 4 members (excludes halogenated alkanes) is 10. The van der Waals surface area contributed by atoms with Crippen molar-refractivity contribution in [1.29, 1.82) is 0 Å². The second-order valence-corrected chi connectivity index (χ2v) is 15.4. The highest BCUT2D eigenvalue weighted by Gasteiger charge is 2.39. The number of carbonyl (C=O) groups is 1. The first-order valence-electron chi connectivity index (χ1n) is 21.1. The molecule has 1 aliphatic rings. The molecule has 4 atom stereocenters. The minimum absolute atomic E-state index is 0.000290. The lowest BCUT2D eigenvalue weighted by Crippen LogP contribution is -2.45. The van der Waals surface area contributed by atoms with E-state index in [0.717, 1.165) is 53.0 Å². The van der Waals surface area contributed by atoms with Gasteiger partial charge in [0.15, 0.2) is 6.29 Å². The summed E-state index contributed by atoms with van der Waals surface area (Å²) in [6.45, 7) is 10.4. The second-order valence-electron chi connectivity index (χ2n) is 15.4. The molecule has 4 unspecified atom stereocenters. The van der Waals surface area contributed by atoms with Crippen LogP contribution in [0.2, 0.25) is 0 Å². The topological polar surface area (TPSA) is 83.9 Å². The van der Waals surface area contributed by atoms with Crippen molar-refractivity contribution in [2.45, 2.75) is 129 Å². The molecule has 1 fully saturated rings. The maximum absolute atomic E-state index is 12.6. The van der Waals surface area contributed by atoms with E-state index in [4.69, 9.17) is 9.47 Å². The van der Waals surface area contributed by atoms with E-state index < -0.39 is 6.29 Å². The Bertz CT molecular complexity index is 1650. The van der Waals surface area contributed by atoms with Gasteiger partial charge in [-0.25, -0.2) is 0 Å². The van der Waals surface area contributed by atoms with Crippen molar-refractivity contribution >= 4 is 5.91 Å². The van der Waals surface area contributed by atoms with E-state index in [2.05, 4.69) is 84.5 Å². The van der Waals surface area contributed by atoms with Crippen LogP contribution in [0, 0.1) is 5.92 Å². The Morgan fingerprint density at radius 2 is 1.38 bits per heavy atom. The van der Waals surface area contributed by atoms with Crippen LogP contribution in [0.3, 0.4) is 0 Å². The lowest BCUT2D eigenvalue weighted by Gasteiger charge is -2.43. The Morgan fingerprint density at radius 3 is 2.02 bits per heavy atom. The zero-order valence-corrected chi connectivity index (χ0v) is 33.6. The molecule has 2 N–H and O–H groups in total. The van der Waals surface area contributed by atoms with Gasteiger partial charge in [0.2, 0.25) is 0 Å². The monoisotopic (exact) mass is 747 g/mol. The summed E-state index contributed by atoms with van der Waals surface area (Å²) < 4.78 is 13.8. The fraction of sp³-hybridized carbons (Fsp3) is 0.500. The Hall–Kier alpha value is -3.88. The van der Waals surface area contributed by atoms with Gasteiger partial charge >= 0.3 is 0 Å². The zero-order valence-electron chi connectivity index (χ0n) is 33.6. The van der Waals surface area contributed by atoms with Crippen molar-refractivity contribution in [1.82, 2.24) is 15.2 Å². The van der Waals surface area contributed by atoms with Gasteiger partial charge in [-0.2, -0.15) is 0 Å². The van der Waals surface area contributed by atoms with E-state index >= 15 is 0 Å². The standard InChI is InChI=1S/C48H65N3O4/c1-4-6-8-10-12-14-30-51(31-15-13-11-9-7-5-2)35-45-37(3)46(41-23-21-38(36-52)22-24-41)55-48(54-45)42-27-25-40(26-28-42)43-19-16-18-39(32-43)33-50-47(53)44-20-17-29-49-34-44/h16-29,32,34,37,45-46,48,52H,4-15,30-31,33,35-36H2,1-3H3,(H,50,53). The third-order valence-corrected chi connectivity index (χ3v) is 11.0. The molecule has 1 amide bonds. The highest BCUT2D eigenvalue weighted by molar-refractivity contribution is 5.93. The van der Waals surface area contributed by atoms with Crippen LogP contribution in [0.1, 0.15) is 143 Å². The molecule has 0 spiro atoms. The van der Waals surface area contributed by atoms with Crippen LogP contribution in [0.15, 0.2) is 97.3 Å². The van der Waals surface area contributed by atoms with Crippen LogP contribution < -0.4 is 5.32 Å². The SMILES string of the molecule is CCCCCCCCN(CCCCCCCC)CC1OC(c2ccc(-c3cccc(CNC(=O)c4cccnc4)c3)cc2)OC(c2ccc(CO)cc2)C1C. The summed E-state index contributed by atoms with van der Waals surface area (Å²) in [5.41, 5.74) is 6.75. The van der Waals surface area contributed by atoms with Crippen molar-refractivity contribution in [2.75, 3.05) is 19.6 Å². The molecular formula is C48H65N3O4. The molecule has 2 heterocycles. The number of nitrogens with one attached hydrogen (secondary N) is 1.